The monoisotopic (exact) mass is 490 g/mol. The smallest absolute Gasteiger partial charge is 0.261 e. The molecule has 0 radical (unpaired) electrons. The Hall–Kier alpha value is -1.66. The Balaban J connectivity index is 1.90. The fraction of sp³-hybridized carbons (Fsp3) is 0.500. The number of amides is 2. The number of hydrogen-bond acceptors (Lipinski definition) is 3. The molecule has 0 aromatic carbocycles. The van der Waals surface area contributed by atoms with E-state index in [0.29, 0.717) is 30.7 Å². The number of halogens is 1. The number of unbranched alkanes of at least 4 members (excludes halogenated alkanes) is 5. The lowest BCUT2D eigenvalue weighted by Gasteiger charge is -2.24. The SMILES string of the molecule is C=CCCCCCCN1C(=O)C2=C(c3ccc(Br)s3)N(CCCC)C(=O)C2=C1CC. The van der Waals surface area contributed by atoms with E-state index in [1.807, 2.05) is 34.9 Å². The van der Waals surface area contributed by atoms with Crippen molar-refractivity contribution in [1.82, 2.24) is 9.80 Å². The molecule has 0 unspecified atom stereocenters. The molecule has 2 aliphatic rings. The molecule has 162 valence electrons. The molecule has 0 saturated heterocycles. The van der Waals surface area contributed by atoms with Gasteiger partial charge in [-0.2, -0.15) is 0 Å². The summed E-state index contributed by atoms with van der Waals surface area (Å²) >= 11 is 5.11. The normalized spacial score (nSPS) is 16.4. The second-order valence-electron chi connectivity index (χ2n) is 7.76. The van der Waals surface area contributed by atoms with Crippen LogP contribution in [0.1, 0.15) is 70.1 Å². The summed E-state index contributed by atoms with van der Waals surface area (Å²) in [6, 6.07) is 3.99. The van der Waals surface area contributed by atoms with Crippen molar-refractivity contribution in [2.24, 2.45) is 0 Å². The van der Waals surface area contributed by atoms with Crippen molar-refractivity contribution in [2.75, 3.05) is 13.1 Å². The van der Waals surface area contributed by atoms with Crippen molar-refractivity contribution in [3.8, 4) is 0 Å². The predicted octanol–water partition coefficient (Wildman–Crippen LogP) is 6.51. The van der Waals surface area contributed by atoms with Crippen LogP contribution in [0.3, 0.4) is 0 Å². The third kappa shape index (κ3) is 4.50. The van der Waals surface area contributed by atoms with Gasteiger partial charge in [-0.25, -0.2) is 0 Å². The standard InChI is InChI=1S/C24H31BrN2O2S/c1-4-7-9-10-11-12-16-26-17(6-3)20-21(24(26)29)22(18-13-14-19(25)30-18)27(23(20)28)15-8-5-2/h4,13-14H,1,5-12,15-16H2,2-3H3. The van der Waals surface area contributed by atoms with Gasteiger partial charge >= 0.3 is 0 Å². The minimum absolute atomic E-state index is 0.000174. The summed E-state index contributed by atoms with van der Waals surface area (Å²) < 4.78 is 1.00. The van der Waals surface area contributed by atoms with Crippen LogP contribution in [0.4, 0.5) is 0 Å². The van der Waals surface area contributed by atoms with Gasteiger partial charge in [-0.05, 0) is 60.2 Å². The first kappa shape index (κ1) is 23.0. The molecule has 0 aliphatic carbocycles. The number of thiophene rings is 1. The zero-order valence-corrected chi connectivity index (χ0v) is 20.4. The van der Waals surface area contributed by atoms with E-state index in [9.17, 15) is 9.59 Å². The molecule has 30 heavy (non-hydrogen) atoms. The van der Waals surface area contributed by atoms with Crippen LogP contribution in [0.5, 0.6) is 0 Å². The zero-order valence-electron chi connectivity index (χ0n) is 18.0. The van der Waals surface area contributed by atoms with Gasteiger partial charge in [0.1, 0.15) is 0 Å². The maximum atomic E-state index is 13.5. The molecule has 1 aromatic heterocycles. The van der Waals surface area contributed by atoms with Crippen LogP contribution in [-0.4, -0.2) is 34.7 Å². The highest BCUT2D eigenvalue weighted by Crippen LogP contribution is 2.46. The van der Waals surface area contributed by atoms with E-state index >= 15 is 0 Å². The Morgan fingerprint density at radius 3 is 2.30 bits per heavy atom. The summed E-state index contributed by atoms with van der Waals surface area (Å²) in [7, 11) is 0. The van der Waals surface area contributed by atoms with Crippen LogP contribution in [0.15, 0.2) is 45.4 Å². The molecule has 4 nitrogen and oxygen atoms in total. The predicted molar refractivity (Wildman–Crippen MR) is 128 cm³/mol. The van der Waals surface area contributed by atoms with Gasteiger partial charge in [-0.1, -0.05) is 39.2 Å². The topological polar surface area (TPSA) is 40.6 Å². The van der Waals surface area contributed by atoms with Gasteiger partial charge in [-0.15, -0.1) is 17.9 Å². The van der Waals surface area contributed by atoms with E-state index in [4.69, 9.17) is 0 Å². The second-order valence-corrected chi connectivity index (χ2v) is 10.2. The number of carbonyl (C=O) groups excluding carboxylic acids is 2. The van der Waals surface area contributed by atoms with E-state index in [1.54, 1.807) is 11.3 Å². The Bertz CT molecular complexity index is 884. The first-order valence-corrected chi connectivity index (χ1v) is 12.6. The molecule has 0 saturated carbocycles. The molecule has 1 aromatic rings. The van der Waals surface area contributed by atoms with Crippen LogP contribution < -0.4 is 0 Å². The van der Waals surface area contributed by atoms with Crippen LogP contribution in [0.2, 0.25) is 0 Å². The van der Waals surface area contributed by atoms with Crippen LogP contribution in [-0.2, 0) is 9.59 Å². The van der Waals surface area contributed by atoms with Crippen molar-refractivity contribution in [2.45, 2.75) is 65.2 Å². The maximum absolute atomic E-state index is 13.5. The van der Waals surface area contributed by atoms with Crippen LogP contribution in [0, 0.1) is 0 Å². The van der Waals surface area contributed by atoms with Crippen molar-refractivity contribution in [1.29, 1.82) is 0 Å². The lowest BCUT2D eigenvalue weighted by atomic mass is 10.1. The third-order valence-electron chi connectivity index (χ3n) is 5.71. The highest BCUT2D eigenvalue weighted by atomic mass is 79.9. The fourth-order valence-corrected chi connectivity index (χ4v) is 5.66. The van der Waals surface area contributed by atoms with Gasteiger partial charge in [0.15, 0.2) is 0 Å². The van der Waals surface area contributed by atoms with Gasteiger partial charge < -0.3 is 9.80 Å². The van der Waals surface area contributed by atoms with Gasteiger partial charge in [0.25, 0.3) is 11.8 Å². The number of hydrogen-bond donors (Lipinski definition) is 0. The molecular formula is C24H31BrN2O2S. The molecule has 6 heteroatoms. The van der Waals surface area contributed by atoms with E-state index in [0.717, 1.165) is 65.0 Å². The molecule has 0 fully saturated rings. The molecular weight excluding hydrogens is 460 g/mol. The number of carbonyl (C=O) groups is 2. The largest absolute Gasteiger partial charge is 0.311 e. The Kier molecular flexibility index (Phi) is 8.12. The number of rotatable bonds is 12. The van der Waals surface area contributed by atoms with Gasteiger partial charge in [0, 0.05) is 18.8 Å². The van der Waals surface area contributed by atoms with Crippen molar-refractivity contribution < 1.29 is 9.59 Å². The van der Waals surface area contributed by atoms with Gasteiger partial charge in [-0.3, -0.25) is 9.59 Å². The average molecular weight is 491 g/mol. The van der Waals surface area contributed by atoms with Gasteiger partial charge in [0.05, 0.1) is 25.5 Å². The molecule has 0 atom stereocenters. The van der Waals surface area contributed by atoms with E-state index in [1.165, 1.54) is 0 Å². The van der Waals surface area contributed by atoms with Crippen LogP contribution >= 0.6 is 27.3 Å². The second kappa shape index (κ2) is 10.6. The highest BCUT2D eigenvalue weighted by molar-refractivity contribution is 9.11. The van der Waals surface area contributed by atoms with Crippen molar-refractivity contribution >= 4 is 44.8 Å². The Morgan fingerprint density at radius 2 is 1.67 bits per heavy atom. The Labute approximate surface area is 192 Å². The minimum Gasteiger partial charge on any atom is -0.311 e. The maximum Gasteiger partial charge on any atom is 0.261 e. The first-order chi connectivity index (χ1) is 14.5. The molecule has 3 rings (SSSR count). The summed E-state index contributed by atoms with van der Waals surface area (Å²) in [5.41, 5.74) is 2.97. The van der Waals surface area contributed by atoms with Crippen LogP contribution in [0.25, 0.3) is 5.70 Å². The first-order valence-electron chi connectivity index (χ1n) is 11.0. The summed E-state index contributed by atoms with van der Waals surface area (Å²) in [6.07, 6.45) is 9.96. The van der Waals surface area contributed by atoms with Gasteiger partial charge in [0.2, 0.25) is 0 Å². The number of allylic oxidation sites excluding steroid dienone is 2. The van der Waals surface area contributed by atoms with E-state index in [2.05, 4.69) is 29.4 Å². The summed E-state index contributed by atoms with van der Waals surface area (Å²) in [5, 5.41) is 0. The van der Waals surface area contributed by atoms with E-state index in [-0.39, 0.29) is 11.8 Å². The number of nitrogens with zero attached hydrogens (tertiary/aromatic N) is 2. The molecule has 0 N–H and O–H groups in total. The summed E-state index contributed by atoms with van der Waals surface area (Å²) in [5.74, 6) is -0.00327. The summed E-state index contributed by atoms with van der Waals surface area (Å²) in [4.78, 5) is 31.6. The average Bonchev–Trinajstić information content (AvgIpc) is 3.36. The van der Waals surface area contributed by atoms with Crippen molar-refractivity contribution in [3.05, 3.63) is 50.3 Å². The lowest BCUT2D eigenvalue weighted by Crippen LogP contribution is -2.31. The fourth-order valence-electron chi connectivity index (χ4n) is 4.21. The minimum atomic E-state index is -0.00310. The molecule has 2 aliphatic heterocycles. The molecule has 0 bridgehead atoms. The van der Waals surface area contributed by atoms with Crippen molar-refractivity contribution in [3.63, 3.8) is 0 Å². The highest BCUT2D eigenvalue weighted by Gasteiger charge is 2.47. The van der Waals surface area contributed by atoms with E-state index < -0.39 is 0 Å². The number of fused-ring (bicyclic) bond motifs is 1. The molecule has 2 amide bonds. The lowest BCUT2D eigenvalue weighted by molar-refractivity contribution is -0.124. The third-order valence-corrected chi connectivity index (χ3v) is 7.34. The molecule has 0 spiro atoms. The summed E-state index contributed by atoms with van der Waals surface area (Å²) in [6.45, 7) is 9.27. The zero-order chi connectivity index (χ0) is 21.7. The quantitative estimate of drug-likeness (QED) is 0.247. The Morgan fingerprint density at radius 1 is 0.967 bits per heavy atom. The molecule has 3 heterocycles.